The molecule has 1 aromatic heterocycles. The minimum atomic E-state index is 0.0558. The molecule has 0 unspecified atom stereocenters. The average Bonchev–Trinajstić information content (AvgIpc) is 2.47. The molecular formula is C14H24ClN5O. The van der Waals surface area contributed by atoms with Crippen molar-refractivity contribution in [2.45, 2.75) is 27.2 Å². The van der Waals surface area contributed by atoms with Gasteiger partial charge in [0.05, 0.1) is 12.7 Å². The Bertz CT molecular complexity index is 465. The summed E-state index contributed by atoms with van der Waals surface area (Å²) < 4.78 is 0. The maximum absolute atomic E-state index is 12.1. The quantitative estimate of drug-likeness (QED) is 0.797. The third-order valence-corrected chi connectivity index (χ3v) is 3.38. The summed E-state index contributed by atoms with van der Waals surface area (Å²) in [7, 11) is 1.80. The number of hydrogen-bond donors (Lipinski definition) is 1. The van der Waals surface area contributed by atoms with Gasteiger partial charge >= 0.3 is 0 Å². The number of carbonyl (C=O) groups is 1. The summed E-state index contributed by atoms with van der Waals surface area (Å²) in [5.74, 6) is 1.14. The standard InChI is InChI=1S/C14H24ClN5O/c1-5-8-16-14-17-9-11(15)13(18-14)19(4)10-12(21)20(6-2)7-3/h9H,5-8,10H2,1-4H3,(H,16,17,18). The zero-order valence-corrected chi connectivity index (χ0v) is 13.9. The molecule has 1 aromatic rings. The molecule has 0 saturated carbocycles. The summed E-state index contributed by atoms with van der Waals surface area (Å²) >= 11 is 6.14. The fourth-order valence-corrected chi connectivity index (χ4v) is 2.14. The van der Waals surface area contributed by atoms with Crippen LogP contribution < -0.4 is 10.2 Å². The predicted molar refractivity (Wildman–Crippen MR) is 87.0 cm³/mol. The summed E-state index contributed by atoms with van der Waals surface area (Å²) in [6, 6.07) is 0. The topological polar surface area (TPSA) is 61.4 Å². The number of carbonyl (C=O) groups excluding carboxylic acids is 1. The van der Waals surface area contributed by atoms with E-state index < -0.39 is 0 Å². The summed E-state index contributed by atoms with van der Waals surface area (Å²) in [6.45, 7) is 8.43. The Kier molecular flexibility index (Phi) is 7.22. The molecule has 6 nitrogen and oxygen atoms in total. The molecular weight excluding hydrogens is 290 g/mol. The van der Waals surface area contributed by atoms with E-state index >= 15 is 0 Å². The Hall–Kier alpha value is -1.56. The third kappa shape index (κ3) is 5.04. The zero-order valence-electron chi connectivity index (χ0n) is 13.2. The molecule has 0 saturated heterocycles. The first-order valence-corrected chi connectivity index (χ1v) is 7.66. The van der Waals surface area contributed by atoms with Crippen LogP contribution in [-0.4, -0.2) is 54.0 Å². The number of likely N-dealkylation sites (N-methyl/N-ethyl adjacent to an activating group) is 2. The van der Waals surface area contributed by atoms with Gasteiger partial charge in [0.15, 0.2) is 5.82 Å². The number of anilines is 2. The van der Waals surface area contributed by atoms with Crippen LogP contribution in [0.2, 0.25) is 5.02 Å². The fraction of sp³-hybridized carbons (Fsp3) is 0.643. The van der Waals surface area contributed by atoms with E-state index in [9.17, 15) is 4.79 Å². The van der Waals surface area contributed by atoms with E-state index in [4.69, 9.17) is 11.6 Å². The lowest BCUT2D eigenvalue weighted by molar-refractivity contribution is -0.129. The molecule has 0 atom stereocenters. The molecule has 0 spiro atoms. The SMILES string of the molecule is CCCNc1ncc(Cl)c(N(C)CC(=O)N(CC)CC)n1. The smallest absolute Gasteiger partial charge is 0.242 e. The van der Waals surface area contributed by atoms with E-state index in [1.165, 1.54) is 0 Å². The second-order valence-electron chi connectivity index (χ2n) is 4.71. The first kappa shape index (κ1) is 17.5. The van der Waals surface area contributed by atoms with Gasteiger partial charge in [0.1, 0.15) is 5.02 Å². The lowest BCUT2D eigenvalue weighted by Crippen LogP contribution is -2.39. The van der Waals surface area contributed by atoms with E-state index in [1.807, 2.05) is 13.8 Å². The Balaban J connectivity index is 2.80. The van der Waals surface area contributed by atoms with E-state index in [1.54, 1.807) is 23.0 Å². The highest BCUT2D eigenvalue weighted by atomic mass is 35.5. The number of nitrogens with one attached hydrogen (secondary N) is 1. The van der Waals surface area contributed by atoms with Gasteiger partial charge in [-0.05, 0) is 20.3 Å². The molecule has 21 heavy (non-hydrogen) atoms. The lowest BCUT2D eigenvalue weighted by atomic mass is 10.4. The van der Waals surface area contributed by atoms with E-state index in [0.717, 1.165) is 13.0 Å². The largest absolute Gasteiger partial charge is 0.354 e. The maximum Gasteiger partial charge on any atom is 0.242 e. The van der Waals surface area contributed by atoms with Gasteiger partial charge < -0.3 is 15.1 Å². The molecule has 0 aliphatic heterocycles. The van der Waals surface area contributed by atoms with Crippen LogP contribution in [0.15, 0.2) is 6.20 Å². The number of rotatable bonds is 8. The van der Waals surface area contributed by atoms with Crippen LogP contribution in [0.25, 0.3) is 0 Å². The zero-order chi connectivity index (χ0) is 15.8. The van der Waals surface area contributed by atoms with Crippen LogP contribution in [-0.2, 0) is 4.79 Å². The Morgan fingerprint density at radius 3 is 2.57 bits per heavy atom. The molecule has 1 rings (SSSR count). The van der Waals surface area contributed by atoms with Crippen molar-refractivity contribution in [1.82, 2.24) is 14.9 Å². The predicted octanol–water partition coefficient (Wildman–Crippen LogP) is 2.26. The van der Waals surface area contributed by atoms with Crippen LogP contribution in [0.1, 0.15) is 27.2 Å². The van der Waals surface area contributed by atoms with Gasteiger partial charge in [-0.25, -0.2) is 4.98 Å². The molecule has 0 bridgehead atoms. The van der Waals surface area contributed by atoms with Crippen molar-refractivity contribution in [1.29, 1.82) is 0 Å². The Morgan fingerprint density at radius 2 is 2.00 bits per heavy atom. The van der Waals surface area contributed by atoms with Crippen molar-refractivity contribution in [3.05, 3.63) is 11.2 Å². The van der Waals surface area contributed by atoms with Crippen molar-refractivity contribution < 1.29 is 4.79 Å². The van der Waals surface area contributed by atoms with E-state index in [0.29, 0.717) is 29.9 Å². The summed E-state index contributed by atoms with van der Waals surface area (Å²) in [6.07, 6.45) is 2.54. The minimum absolute atomic E-state index is 0.0558. The van der Waals surface area contributed by atoms with Gasteiger partial charge in [0.2, 0.25) is 11.9 Å². The van der Waals surface area contributed by atoms with Crippen LogP contribution in [0.4, 0.5) is 11.8 Å². The highest BCUT2D eigenvalue weighted by molar-refractivity contribution is 6.32. The number of hydrogen-bond acceptors (Lipinski definition) is 5. The molecule has 1 N–H and O–H groups in total. The minimum Gasteiger partial charge on any atom is -0.354 e. The van der Waals surface area contributed by atoms with Crippen molar-refractivity contribution in [2.24, 2.45) is 0 Å². The molecule has 0 radical (unpaired) electrons. The normalized spacial score (nSPS) is 10.3. The first-order chi connectivity index (χ1) is 10.0. The molecule has 0 fully saturated rings. The number of halogens is 1. The van der Waals surface area contributed by atoms with E-state index in [2.05, 4.69) is 22.2 Å². The van der Waals surface area contributed by atoms with Crippen LogP contribution >= 0.6 is 11.6 Å². The monoisotopic (exact) mass is 313 g/mol. The highest BCUT2D eigenvalue weighted by Crippen LogP contribution is 2.22. The van der Waals surface area contributed by atoms with Gasteiger partial charge in [-0.15, -0.1) is 0 Å². The number of amides is 1. The van der Waals surface area contributed by atoms with E-state index in [-0.39, 0.29) is 12.5 Å². The van der Waals surface area contributed by atoms with Gasteiger partial charge in [0.25, 0.3) is 0 Å². The molecule has 0 aliphatic carbocycles. The molecule has 118 valence electrons. The molecule has 1 heterocycles. The molecule has 0 aliphatic rings. The summed E-state index contributed by atoms with van der Waals surface area (Å²) in [5, 5.41) is 3.55. The number of aromatic nitrogens is 2. The Labute approximate surface area is 131 Å². The molecule has 1 amide bonds. The highest BCUT2D eigenvalue weighted by Gasteiger charge is 2.16. The fourth-order valence-electron chi connectivity index (χ4n) is 1.90. The van der Waals surface area contributed by atoms with Crippen molar-refractivity contribution in [3.8, 4) is 0 Å². The lowest BCUT2D eigenvalue weighted by Gasteiger charge is -2.24. The second-order valence-corrected chi connectivity index (χ2v) is 5.12. The van der Waals surface area contributed by atoms with Crippen molar-refractivity contribution in [3.63, 3.8) is 0 Å². The van der Waals surface area contributed by atoms with Crippen molar-refractivity contribution in [2.75, 3.05) is 43.4 Å². The third-order valence-electron chi connectivity index (χ3n) is 3.11. The maximum atomic E-state index is 12.1. The first-order valence-electron chi connectivity index (χ1n) is 7.28. The van der Waals surface area contributed by atoms with Crippen LogP contribution in [0, 0.1) is 0 Å². The second kappa shape index (κ2) is 8.67. The summed E-state index contributed by atoms with van der Waals surface area (Å²) in [4.78, 5) is 24.2. The molecule has 7 heteroatoms. The average molecular weight is 314 g/mol. The van der Waals surface area contributed by atoms with Gasteiger partial charge in [0, 0.05) is 26.7 Å². The van der Waals surface area contributed by atoms with Crippen LogP contribution in [0.5, 0.6) is 0 Å². The molecule has 0 aromatic carbocycles. The van der Waals surface area contributed by atoms with Crippen molar-refractivity contribution >= 4 is 29.3 Å². The van der Waals surface area contributed by atoms with Gasteiger partial charge in [-0.1, -0.05) is 18.5 Å². The number of nitrogens with zero attached hydrogens (tertiary/aromatic N) is 4. The Morgan fingerprint density at radius 1 is 1.33 bits per heavy atom. The van der Waals surface area contributed by atoms with Gasteiger partial charge in [-0.3, -0.25) is 4.79 Å². The van der Waals surface area contributed by atoms with Gasteiger partial charge in [-0.2, -0.15) is 4.98 Å². The summed E-state index contributed by atoms with van der Waals surface area (Å²) in [5.41, 5.74) is 0. The van der Waals surface area contributed by atoms with Crippen LogP contribution in [0.3, 0.4) is 0 Å².